The second-order valence-corrected chi connectivity index (χ2v) is 7.27. The van der Waals surface area contributed by atoms with Gasteiger partial charge in [0.25, 0.3) is 11.8 Å². The summed E-state index contributed by atoms with van der Waals surface area (Å²) in [4.78, 5) is 37.0. The number of hydrazine groups is 1. The Balaban J connectivity index is 1.61. The van der Waals surface area contributed by atoms with Crippen molar-refractivity contribution in [3.63, 3.8) is 0 Å². The van der Waals surface area contributed by atoms with Crippen molar-refractivity contribution in [3.8, 4) is 11.3 Å². The Kier molecular flexibility index (Phi) is 5.35. The van der Waals surface area contributed by atoms with E-state index >= 15 is 0 Å². The number of furan rings is 1. The lowest BCUT2D eigenvalue weighted by atomic mass is 10.1. The van der Waals surface area contributed by atoms with Crippen molar-refractivity contribution in [2.24, 2.45) is 0 Å². The number of nitrogens with zero attached hydrogens (tertiary/aromatic N) is 1. The second kappa shape index (κ2) is 8.12. The summed E-state index contributed by atoms with van der Waals surface area (Å²) in [6.07, 6.45) is 1.38. The predicted octanol–water partition coefficient (Wildman–Crippen LogP) is 4.16. The Hall–Kier alpha value is -3.84. The molecule has 0 spiro atoms. The normalized spacial score (nSPS) is 14.8. The maximum atomic E-state index is 12.7. The zero-order valence-corrected chi connectivity index (χ0v) is 17.4. The van der Waals surface area contributed by atoms with Crippen molar-refractivity contribution in [1.82, 2.24) is 5.43 Å². The summed E-state index contributed by atoms with van der Waals surface area (Å²) in [5, 5.41) is 1.45. The lowest BCUT2D eigenvalue weighted by molar-refractivity contribution is -0.117. The fourth-order valence-corrected chi connectivity index (χ4v) is 3.30. The molecule has 0 saturated carbocycles. The van der Waals surface area contributed by atoms with E-state index in [0.717, 1.165) is 5.56 Å². The van der Waals surface area contributed by atoms with Gasteiger partial charge in [0.15, 0.2) is 0 Å². The number of halogens is 1. The molecule has 7 nitrogen and oxygen atoms in total. The van der Waals surface area contributed by atoms with E-state index in [1.54, 1.807) is 42.5 Å². The highest BCUT2D eigenvalue weighted by Crippen LogP contribution is 2.29. The SMILES string of the molecule is COC(=O)c1cc(-c2ccc(/C=C3\C(=O)NN(c4ccc(C)cc4)C3=O)o2)ccc1Cl. The molecule has 2 aromatic carbocycles. The van der Waals surface area contributed by atoms with Gasteiger partial charge in [0.05, 0.1) is 23.4 Å². The van der Waals surface area contributed by atoms with Gasteiger partial charge < -0.3 is 9.15 Å². The van der Waals surface area contributed by atoms with Crippen LogP contribution in [0.15, 0.2) is 64.6 Å². The largest absolute Gasteiger partial charge is 0.465 e. The molecule has 0 bridgehead atoms. The first-order valence-electron chi connectivity index (χ1n) is 9.29. The minimum atomic E-state index is -0.565. The van der Waals surface area contributed by atoms with E-state index in [1.807, 2.05) is 19.1 Å². The Bertz CT molecular complexity index is 1230. The van der Waals surface area contributed by atoms with Crippen LogP contribution in [0.1, 0.15) is 21.7 Å². The number of carbonyl (C=O) groups is 3. The van der Waals surface area contributed by atoms with Crippen molar-refractivity contribution in [2.75, 3.05) is 12.1 Å². The van der Waals surface area contributed by atoms with Crippen molar-refractivity contribution in [3.05, 3.63) is 82.1 Å². The number of aryl methyl sites for hydroxylation is 1. The molecule has 31 heavy (non-hydrogen) atoms. The average molecular weight is 437 g/mol. The van der Waals surface area contributed by atoms with Gasteiger partial charge in [0, 0.05) is 5.56 Å². The topological polar surface area (TPSA) is 88.9 Å². The number of hydrogen-bond donors (Lipinski definition) is 1. The second-order valence-electron chi connectivity index (χ2n) is 6.86. The minimum absolute atomic E-state index is 0.0483. The number of benzene rings is 2. The van der Waals surface area contributed by atoms with Gasteiger partial charge >= 0.3 is 5.97 Å². The summed E-state index contributed by atoms with van der Waals surface area (Å²) in [5.74, 6) is -0.817. The molecule has 1 fully saturated rings. The van der Waals surface area contributed by atoms with Crippen molar-refractivity contribution in [1.29, 1.82) is 0 Å². The first kappa shape index (κ1) is 20.4. The van der Waals surface area contributed by atoms with Gasteiger partial charge in [0.2, 0.25) is 0 Å². The molecule has 1 saturated heterocycles. The third-order valence-electron chi connectivity index (χ3n) is 4.75. The maximum Gasteiger partial charge on any atom is 0.339 e. The average Bonchev–Trinajstić information content (AvgIpc) is 3.34. The molecule has 2 amide bonds. The smallest absolute Gasteiger partial charge is 0.339 e. The molecule has 0 atom stereocenters. The quantitative estimate of drug-likeness (QED) is 0.377. The van der Waals surface area contributed by atoms with Gasteiger partial charge in [-0.1, -0.05) is 29.3 Å². The zero-order chi connectivity index (χ0) is 22.1. The summed E-state index contributed by atoms with van der Waals surface area (Å²) in [6, 6.07) is 15.3. The Labute approximate surface area is 182 Å². The van der Waals surface area contributed by atoms with Crippen LogP contribution in [0.3, 0.4) is 0 Å². The summed E-state index contributed by atoms with van der Waals surface area (Å²) in [6.45, 7) is 1.93. The molecule has 4 rings (SSSR count). The van der Waals surface area contributed by atoms with Crippen molar-refractivity contribution >= 4 is 41.1 Å². The lowest BCUT2D eigenvalue weighted by Gasteiger charge is -2.14. The highest BCUT2D eigenvalue weighted by atomic mass is 35.5. The number of nitrogens with one attached hydrogen (secondary N) is 1. The summed E-state index contributed by atoms with van der Waals surface area (Å²) >= 11 is 6.05. The third-order valence-corrected chi connectivity index (χ3v) is 5.08. The molecule has 8 heteroatoms. The summed E-state index contributed by atoms with van der Waals surface area (Å²) in [7, 11) is 1.27. The van der Waals surface area contributed by atoms with Gasteiger partial charge in [0.1, 0.15) is 17.1 Å². The first-order chi connectivity index (χ1) is 14.9. The van der Waals surface area contributed by atoms with Crippen molar-refractivity contribution < 1.29 is 23.5 Å². The Morgan fingerprint density at radius 2 is 1.84 bits per heavy atom. The highest BCUT2D eigenvalue weighted by molar-refractivity contribution is 6.33. The van der Waals surface area contributed by atoms with E-state index in [0.29, 0.717) is 22.8 Å². The van der Waals surface area contributed by atoms with E-state index in [1.165, 1.54) is 18.2 Å². The fraction of sp³-hybridized carbons (Fsp3) is 0.0870. The number of esters is 1. The van der Waals surface area contributed by atoms with E-state index in [4.69, 9.17) is 20.8 Å². The molecule has 2 heterocycles. The molecule has 1 aromatic heterocycles. The molecule has 1 aliphatic heterocycles. The van der Waals surface area contributed by atoms with E-state index in [9.17, 15) is 14.4 Å². The van der Waals surface area contributed by atoms with Crippen LogP contribution in [0.5, 0.6) is 0 Å². The number of amides is 2. The number of rotatable bonds is 4. The van der Waals surface area contributed by atoms with E-state index in [-0.39, 0.29) is 16.2 Å². The third kappa shape index (κ3) is 3.95. The molecule has 0 aliphatic carbocycles. The highest BCUT2D eigenvalue weighted by Gasteiger charge is 2.34. The van der Waals surface area contributed by atoms with Gasteiger partial charge in [-0.05, 0) is 55.5 Å². The first-order valence-corrected chi connectivity index (χ1v) is 9.67. The number of carbonyl (C=O) groups excluding carboxylic acids is 3. The van der Waals surface area contributed by atoms with E-state index < -0.39 is 17.8 Å². The van der Waals surface area contributed by atoms with Crippen LogP contribution in [-0.2, 0) is 14.3 Å². The maximum absolute atomic E-state index is 12.7. The Morgan fingerprint density at radius 1 is 1.10 bits per heavy atom. The Morgan fingerprint density at radius 3 is 2.55 bits per heavy atom. The van der Waals surface area contributed by atoms with Crippen LogP contribution in [0.25, 0.3) is 17.4 Å². The molecule has 1 aliphatic rings. The summed E-state index contributed by atoms with van der Waals surface area (Å²) in [5.41, 5.74) is 4.90. The van der Waals surface area contributed by atoms with E-state index in [2.05, 4.69) is 5.43 Å². The van der Waals surface area contributed by atoms with Gasteiger partial charge in [-0.15, -0.1) is 0 Å². The fourth-order valence-electron chi connectivity index (χ4n) is 3.11. The van der Waals surface area contributed by atoms with Crippen LogP contribution < -0.4 is 10.4 Å². The minimum Gasteiger partial charge on any atom is -0.465 e. The van der Waals surface area contributed by atoms with Gasteiger partial charge in [-0.2, -0.15) is 0 Å². The molecule has 156 valence electrons. The summed E-state index contributed by atoms with van der Waals surface area (Å²) < 4.78 is 10.5. The number of ether oxygens (including phenoxy) is 1. The monoisotopic (exact) mass is 436 g/mol. The standard InChI is InChI=1S/C23H17ClN2O5/c1-13-3-6-15(7-4-13)26-22(28)18(21(27)25-26)12-16-8-10-20(31-16)14-5-9-19(24)17(11-14)23(29)30-2/h3-12H,1-2H3,(H,25,27)/b18-12+. The molecular weight excluding hydrogens is 420 g/mol. The molecule has 3 aromatic rings. The molecular formula is C23H17ClN2O5. The zero-order valence-electron chi connectivity index (χ0n) is 16.6. The molecule has 1 N–H and O–H groups in total. The van der Waals surface area contributed by atoms with Gasteiger partial charge in [-0.25, -0.2) is 9.80 Å². The van der Waals surface area contributed by atoms with Crippen LogP contribution in [0.4, 0.5) is 5.69 Å². The van der Waals surface area contributed by atoms with Crippen LogP contribution in [-0.4, -0.2) is 24.9 Å². The number of hydrogen-bond acceptors (Lipinski definition) is 5. The van der Waals surface area contributed by atoms with Crippen molar-refractivity contribution in [2.45, 2.75) is 6.92 Å². The number of methoxy groups -OCH3 is 1. The predicted molar refractivity (Wildman–Crippen MR) is 115 cm³/mol. The van der Waals surface area contributed by atoms with Crippen LogP contribution in [0, 0.1) is 6.92 Å². The van der Waals surface area contributed by atoms with Gasteiger partial charge in [-0.3, -0.25) is 15.0 Å². The number of anilines is 1. The molecule has 0 radical (unpaired) electrons. The van der Waals surface area contributed by atoms with Crippen LogP contribution in [0.2, 0.25) is 5.02 Å². The lowest BCUT2D eigenvalue weighted by Crippen LogP contribution is -2.35. The molecule has 0 unspecified atom stereocenters. The van der Waals surface area contributed by atoms with Crippen LogP contribution >= 0.6 is 11.6 Å².